The van der Waals surface area contributed by atoms with Gasteiger partial charge in [0.2, 0.25) is 11.8 Å². The lowest BCUT2D eigenvalue weighted by molar-refractivity contribution is -0.161. The standard InChI is InChI=1S/C29H42N2O7/c1-6-11-22(18-25(33)30-15-16-32)27(35)31-24(17-21-13-9-8-10-14-21)20-37-28(36)23(12-7-2)19-26(34)38-29(3,4)5/h6-10,13-14,22-24,32H,1-2,11-12,15-20H2,3-5H3,(H,30,33)(H,31,35)/t22-,23+,24+/m1/s1. The van der Waals surface area contributed by atoms with Gasteiger partial charge in [0.05, 0.1) is 30.9 Å². The summed E-state index contributed by atoms with van der Waals surface area (Å²) in [5.41, 5.74) is 0.244. The quantitative estimate of drug-likeness (QED) is 0.208. The molecule has 210 valence electrons. The first-order valence-corrected chi connectivity index (χ1v) is 12.8. The van der Waals surface area contributed by atoms with Gasteiger partial charge in [-0.1, -0.05) is 42.5 Å². The van der Waals surface area contributed by atoms with Crippen molar-refractivity contribution in [1.82, 2.24) is 10.6 Å². The first-order valence-electron chi connectivity index (χ1n) is 12.8. The van der Waals surface area contributed by atoms with Gasteiger partial charge in [-0.05, 0) is 45.6 Å². The van der Waals surface area contributed by atoms with Gasteiger partial charge in [0.25, 0.3) is 0 Å². The van der Waals surface area contributed by atoms with Crippen LogP contribution >= 0.6 is 0 Å². The van der Waals surface area contributed by atoms with Crippen molar-refractivity contribution in [3.8, 4) is 0 Å². The minimum absolute atomic E-state index is 0.0764. The molecule has 0 heterocycles. The number of nitrogens with one attached hydrogen (secondary N) is 2. The lowest BCUT2D eigenvalue weighted by Crippen LogP contribution is -2.44. The van der Waals surface area contributed by atoms with Crippen molar-refractivity contribution in [3.05, 3.63) is 61.2 Å². The minimum atomic E-state index is -0.765. The van der Waals surface area contributed by atoms with Crippen molar-refractivity contribution < 1.29 is 33.8 Å². The van der Waals surface area contributed by atoms with Crippen LogP contribution < -0.4 is 10.6 Å². The molecular formula is C29H42N2O7. The van der Waals surface area contributed by atoms with Gasteiger partial charge < -0.3 is 25.2 Å². The number of hydrogen-bond donors (Lipinski definition) is 3. The van der Waals surface area contributed by atoms with Crippen LogP contribution in [0.2, 0.25) is 0 Å². The van der Waals surface area contributed by atoms with E-state index in [1.807, 2.05) is 30.3 Å². The van der Waals surface area contributed by atoms with Crippen LogP contribution in [-0.4, -0.2) is 60.3 Å². The molecule has 0 fully saturated rings. The Morgan fingerprint density at radius 1 is 1.00 bits per heavy atom. The normalized spacial score (nSPS) is 13.4. The fourth-order valence-electron chi connectivity index (χ4n) is 3.69. The van der Waals surface area contributed by atoms with Crippen molar-refractivity contribution >= 4 is 23.8 Å². The summed E-state index contributed by atoms with van der Waals surface area (Å²) in [7, 11) is 0. The van der Waals surface area contributed by atoms with Gasteiger partial charge >= 0.3 is 11.9 Å². The summed E-state index contributed by atoms with van der Waals surface area (Å²) in [6.07, 6.45) is 3.77. The predicted octanol–water partition coefficient (Wildman–Crippen LogP) is 2.87. The molecule has 3 atom stereocenters. The average molecular weight is 531 g/mol. The lowest BCUT2D eigenvalue weighted by Gasteiger charge is -2.24. The second kappa shape index (κ2) is 17.1. The Labute approximate surface area is 225 Å². The number of hydrogen-bond acceptors (Lipinski definition) is 7. The number of amides is 2. The average Bonchev–Trinajstić information content (AvgIpc) is 2.84. The van der Waals surface area contributed by atoms with E-state index in [0.717, 1.165) is 5.56 Å². The third-order valence-electron chi connectivity index (χ3n) is 5.40. The summed E-state index contributed by atoms with van der Waals surface area (Å²) < 4.78 is 10.9. The Balaban J connectivity index is 2.94. The van der Waals surface area contributed by atoms with Crippen LogP contribution in [0.3, 0.4) is 0 Å². The van der Waals surface area contributed by atoms with Gasteiger partial charge in [0.15, 0.2) is 0 Å². The molecule has 0 saturated heterocycles. The van der Waals surface area contributed by atoms with Gasteiger partial charge in [-0.25, -0.2) is 0 Å². The fourth-order valence-corrected chi connectivity index (χ4v) is 3.69. The molecule has 1 aromatic rings. The Bertz CT molecular complexity index is 925. The number of ether oxygens (including phenoxy) is 2. The van der Waals surface area contributed by atoms with Crippen LogP contribution in [0.4, 0.5) is 0 Å². The van der Waals surface area contributed by atoms with E-state index in [0.29, 0.717) is 6.42 Å². The zero-order chi connectivity index (χ0) is 28.6. The monoisotopic (exact) mass is 530 g/mol. The topological polar surface area (TPSA) is 131 Å². The maximum absolute atomic E-state index is 13.1. The molecule has 38 heavy (non-hydrogen) atoms. The number of aliphatic hydroxyl groups excluding tert-OH is 1. The molecule has 1 aromatic carbocycles. The number of carbonyl (C=O) groups excluding carboxylic acids is 4. The van der Waals surface area contributed by atoms with Gasteiger partial charge in [-0.3, -0.25) is 19.2 Å². The van der Waals surface area contributed by atoms with E-state index in [1.54, 1.807) is 32.9 Å². The second-order valence-electron chi connectivity index (χ2n) is 10.0. The highest BCUT2D eigenvalue weighted by atomic mass is 16.6. The number of esters is 2. The van der Waals surface area contributed by atoms with Crippen molar-refractivity contribution in [2.45, 2.75) is 64.5 Å². The number of benzene rings is 1. The molecule has 0 aliphatic rings. The summed E-state index contributed by atoms with van der Waals surface area (Å²) in [6, 6.07) is 8.83. The molecule has 0 bridgehead atoms. The molecule has 0 spiro atoms. The molecule has 0 saturated carbocycles. The Kier molecular flexibility index (Phi) is 14.7. The van der Waals surface area contributed by atoms with Gasteiger partial charge in [-0.2, -0.15) is 0 Å². The molecular weight excluding hydrogens is 488 g/mol. The summed E-state index contributed by atoms with van der Waals surface area (Å²) in [5, 5.41) is 14.4. The van der Waals surface area contributed by atoms with Crippen molar-refractivity contribution in [2.75, 3.05) is 19.8 Å². The van der Waals surface area contributed by atoms with Crippen LogP contribution in [0.1, 0.15) is 52.0 Å². The summed E-state index contributed by atoms with van der Waals surface area (Å²) in [4.78, 5) is 50.4. The summed E-state index contributed by atoms with van der Waals surface area (Å²) >= 11 is 0. The smallest absolute Gasteiger partial charge is 0.309 e. The van der Waals surface area contributed by atoms with E-state index in [1.165, 1.54) is 0 Å². The van der Waals surface area contributed by atoms with Crippen molar-refractivity contribution in [3.63, 3.8) is 0 Å². The molecule has 0 aliphatic heterocycles. The van der Waals surface area contributed by atoms with E-state index in [2.05, 4.69) is 23.8 Å². The zero-order valence-electron chi connectivity index (χ0n) is 22.7. The van der Waals surface area contributed by atoms with Crippen LogP contribution in [0.15, 0.2) is 55.6 Å². The third kappa shape index (κ3) is 13.7. The minimum Gasteiger partial charge on any atom is -0.463 e. The maximum Gasteiger partial charge on any atom is 0.309 e. The van der Waals surface area contributed by atoms with E-state index in [9.17, 15) is 19.2 Å². The molecule has 9 heteroatoms. The molecule has 3 N–H and O–H groups in total. The molecule has 0 unspecified atom stereocenters. The van der Waals surface area contributed by atoms with Crippen LogP contribution in [0.5, 0.6) is 0 Å². The summed E-state index contributed by atoms with van der Waals surface area (Å²) in [5.74, 6) is -3.28. The summed E-state index contributed by atoms with van der Waals surface area (Å²) in [6.45, 7) is 12.4. The Hall–Kier alpha value is -3.46. The fraction of sp³-hybridized carbons (Fsp3) is 0.517. The van der Waals surface area contributed by atoms with E-state index in [-0.39, 0.29) is 57.3 Å². The van der Waals surface area contributed by atoms with Gasteiger partial charge in [0, 0.05) is 13.0 Å². The number of carbonyl (C=O) groups is 4. The first-order chi connectivity index (χ1) is 18.0. The van der Waals surface area contributed by atoms with Crippen molar-refractivity contribution in [2.24, 2.45) is 11.8 Å². The maximum atomic E-state index is 13.1. The largest absolute Gasteiger partial charge is 0.463 e. The van der Waals surface area contributed by atoms with E-state index < -0.39 is 35.4 Å². The van der Waals surface area contributed by atoms with Crippen molar-refractivity contribution in [1.29, 1.82) is 0 Å². The van der Waals surface area contributed by atoms with Gasteiger partial charge in [-0.15, -0.1) is 13.2 Å². The highest BCUT2D eigenvalue weighted by Crippen LogP contribution is 2.17. The number of rotatable bonds is 17. The lowest BCUT2D eigenvalue weighted by atomic mass is 9.98. The van der Waals surface area contributed by atoms with Crippen LogP contribution in [0.25, 0.3) is 0 Å². The SMILES string of the molecule is C=CC[C@H](CC(=O)NCCO)C(=O)N[C@H](COC(=O)[C@@H](CC=C)CC(=O)OC(C)(C)C)Cc1ccccc1. The molecule has 2 amide bonds. The van der Waals surface area contributed by atoms with Crippen LogP contribution in [-0.2, 0) is 35.1 Å². The third-order valence-corrected chi connectivity index (χ3v) is 5.40. The highest BCUT2D eigenvalue weighted by molar-refractivity contribution is 5.86. The van der Waals surface area contributed by atoms with Crippen LogP contribution in [0, 0.1) is 11.8 Å². The molecule has 0 aliphatic carbocycles. The Morgan fingerprint density at radius 3 is 2.21 bits per heavy atom. The number of aliphatic hydroxyl groups is 1. The van der Waals surface area contributed by atoms with E-state index >= 15 is 0 Å². The first kappa shape index (κ1) is 32.6. The number of allylic oxidation sites excluding steroid dienone is 2. The Morgan fingerprint density at radius 2 is 1.63 bits per heavy atom. The molecule has 1 rings (SSSR count). The van der Waals surface area contributed by atoms with Gasteiger partial charge in [0.1, 0.15) is 12.2 Å². The molecule has 9 nitrogen and oxygen atoms in total. The zero-order valence-corrected chi connectivity index (χ0v) is 22.7. The molecule has 0 radical (unpaired) electrons. The van der Waals surface area contributed by atoms with E-state index in [4.69, 9.17) is 14.6 Å². The second-order valence-corrected chi connectivity index (χ2v) is 10.0. The molecule has 0 aromatic heterocycles. The highest BCUT2D eigenvalue weighted by Gasteiger charge is 2.28. The predicted molar refractivity (Wildman–Crippen MR) is 145 cm³/mol.